The van der Waals surface area contributed by atoms with Gasteiger partial charge < -0.3 is 4.74 Å². The van der Waals surface area contributed by atoms with Crippen molar-refractivity contribution in [3.63, 3.8) is 0 Å². The molecule has 2 heteroatoms. The number of unbranched alkanes of at least 4 members (excludes halogenated alkanes) is 1. The van der Waals surface area contributed by atoms with E-state index in [9.17, 15) is 0 Å². The first-order chi connectivity index (χ1) is 5.73. The number of hydrogen-bond acceptors (Lipinski definition) is 2. The summed E-state index contributed by atoms with van der Waals surface area (Å²) >= 11 is 4.67. The highest BCUT2D eigenvalue weighted by molar-refractivity contribution is 7.81. The van der Waals surface area contributed by atoms with Gasteiger partial charge in [-0.2, -0.15) is 0 Å². The third-order valence-electron chi connectivity index (χ3n) is 2.50. The van der Waals surface area contributed by atoms with Gasteiger partial charge in [0.05, 0.1) is 0 Å². The maximum Gasteiger partial charge on any atom is 0.113 e. The van der Waals surface area contributed by atoms with Crippen LogP contribution in [0.15, 0.2) is 0 Å². The minimum atomic E-state index is -0.0925. The smallest absolute Gasteiger partial charge is 0.113 e. The van der Waals surface area contributed by atoms with Gasteiger partial charge in [-0.25, -0.2) is 0 Å². The van der Waals surface area contributed by atoms with Gasteiger partial charge in [0.2, 0.25) is 0 Å². The molecule has 0 aromatic heterocycles. The molecular formula is C10H20OS. The Kier molecular flexibility index (Phi) is 3.91. The fourth-order valence-corrected chi connectivity index (χ4v) is 2.15. The molecule has 1 saturated carbocycles. The van der Waals surface area contributed by atoms with E-state index in [0.717, 1.165) is 18.9 Å². The van der Waals surface area contributed by atoms with Gasteiger partial charge in [-0.3, -0.25) is 0 Å². The quantitative estimate of drug-likeness (QED) is 0.497. The molecule has 0 aromatic rings. The van der Waals surface area contributed by atoms with E-state index in [1.54, 1.807) is 0 Å². The summed E-state index contributed by atoms with van der Waals surface area (Å²) in [5, 5.41) is 0. The molecule has 0 amide bonds. The molecule has 0 aliphatic heterocycles. The summed E-state index contributed by atoms with van der Waals surface area (Å²) in [5.41, 5.74) is 0. The van der Waals surface area contributed by atoms with Crippen molar-refractivity contribution in [2.75, 3.05) is 6.61 Å². The average molecular weight is 188 g/mol. The van der Waals surface area contributed by atoms with Crippen molar-refractivity contribution in [2.24, 2.45) is 5.92 Å². The van der Waals surface area contributed by atoms with Crippen LogP contribution in [0.25, 0.3) is 0 Å². The molecular weight excluding hydrogens is 168 g/mol. The van der Waals surface area contributed by atoms with Gasteiger partial charge in [-0.15, -0.1) is 12.6 Å². The van der Waals surface area contributed by atoms with Crippen LogP contribution in [0.3, 0.4) is 0 Å². The van der Waals surface area contributed by atoms with Gasteiger partial charge in [0, 0.05) is 6.61 Å². The van der Waals surface area contributed by atoms with E-state index in [4.69, 9.17) is 4.74 Å². The van der Waals surface area contributed by atoms with E-state index in [1.807, 2.05) is 0 Å². The lowest BCUT2D eigenvalue weighted by Crippen LogP contribution is -2.28. The molecule has 1 unspecified atom stereocenters. The predicted octanol–water partition coefficient (Wildman–Crippen LogP) is 3.25. The zero-order chi connectivity index (χ0) is 9.03. The second kappa shape index (κ2) is 4.52. The van der Waals surface area contributed by atoms with Crippen LogP contribution in [0.5, 0.6) is 0 Å². The normalized spacial score (nSPS) is 22.2. The van der Waals surface area contributed by atoms with Crippen LogP contribution in [0.2, 0.25) is 0 Å². The molecule has 0 radical (unpaired) electrons. The molecule has 1 atom stereocenters. The van der Waals surface area contributed by atoms with Crippen molar-refractivity contribution in [3.8, 4) is 0 Å². The third kappa shape index (κ3) is 2.67. The summed E-state index contributed by atoms with van der Waals surface area (Å²) in [6.45, 7) is 5.07. The fraction of sp³-hybridized carbons (Fsp3) is 1.00. The predicted molar refractivity (Wildman–Crippen MR) is 55.6 cm³/mol. The zero-order valence-corrected chi connectivity index (χ0v) is 9.07. The first-order valence-corrected chi connectivity index (χ1v) is 5.54. The Labute approximate surface area is 81.3 Å². The number of hydrogen-bond donors (Lipinski definition) is 1. The zero-order valence-electron chi connectivity index (χ0n) is 8.18. The van der Waals surface area contributed by atoms with E-state index < -0.39 is 0 Å². The largest absolute Gasteiger partial charge is 0.365 e. The lowest BCUT2D eigenvalue weighted by molar-refractivity contribution is 0.0120. The van der Waals surface area contributed by atoms with Gasteiger partial charge in [-0.05, 0) is 38.5 Å². The molecule has 72 valence electrons. The minimum Gasteiger partial charge on any atom is -0.365 e. The number of ether oxygens (including phenoxy) is 1. The number of rotatable bonds is 6. The van der Waals surface area contributed by atoms with Crippen LogP contribution in [0.4, 0.5) is 0 Å². The van der Waals surface area contributed by atoms with Gasteiger partial charge >= 0.3 is 0 Å². The van der Waals surface area contributed by atoms with Crippen molar-refractivity contribution in [3.05, 3.63) is 0 Å². The van der Waals surface area contributed by atoms with Crippen molar-refractivity contribution in [1.82, 2.24) is 0 Å². The van der Waals surface area contributed by atoms with E-state index in [2.05, 4.69) is 26.5 Å². The van der Waals surface area contributed by atoms with E-state index >= 15 is 0 Å². The molecule has 1 nitrogen and oxygen atoms in total. The molecule has 0 aromatic carbocycles. The van der Waals surface area contributed by atoms with Crippen molar-refractivity contribution in [1.29, 1.82) is 0 Å². The summed E-state index contributed by atoms with van der Waals surface area (Å²) in [5.74, 6) is 0.729. The lowest BCUT2D eigenvalue weighted by atomic mass is 10.1. The molecule has 1 aliphatic rings. The molecule has 0 N–H and O–H groups in total. The molecule has 1 rings (SSSR count). The maximum absolute atomic E-state index is 5.72. The minimum absolute atomic E-state index is 0.0925. The van der Waals surface area contributed by atoms with Crippen LogP contribution in [-0.2, 0) is 4.74 Å². The Balaban J connectivity index is 2.34. The second-order valence-electron chi connectivity index (χ2n) is 3.66. The molecule has 0 heterocycles. The molecule has 1 fully saturated rings. The van der Waals surface area contributed by atoms with E-state index in [-0.39, 0.29) is 4.93 Å². The van der Waals surface area contributed by atoms with Gasteiger partial charge in [0.25, 0.3) is 0 Å². The first kappa shape index (κ1) is 10.4. The van der Waals surface area contributed by atoms with Crippen LogP contribution in [0.1, 0.15) is 46.0 Å². The lowest BCUT2D eigenvalue weighted by Gasteiger charge is -2.28. The highest BCUT2D eigenvalue weighted by Gasteiger charge is 2.42. The highest BCUT2D eigenvalue weighted by atomic mass is 32.1. The topological polar surface area (TPSA) is 9.23 Å². The molecule has 0 spiro atoms. The van der Waals surface area contributed by atoms with Crippen LogP contribution in [0, 0.1) is 5.92 Å². The first-order valence-electron chi connectivity index (χ1n) is 5.09. The maximum atomic E-state index is 5.72. The summed E-state index contributed by atoms with van der Waals surface area (Å²) in [4.78, 5) is -0.0925. The van der Waals surface area contributed by atoms with E-state index in [0.29, 0.717) is 0 Å². The highest BCUT2D eigenvalue weighted by Crippen LogP contribution is 2.47. The average Bonchev–Trinajstić information content (AvgIpc) is 2.84. The molecule has 0 bridgehead atoms. The Morgan fingerprint density at radius 2 is 2.08 bits per heavy atom. The summed E-state index contributed by atoms with van der Waals surface area (Å²) in [6, 6.07) is 0. The SMILES string of the molecule is CCCCC(S)(OCC)C1CC1. The summed E-state index contributed by atoms with van der Waals surface area (Å²) < 4.78 is 5.72. The summed E-state index contributed by atoms with van der Waals surface area (Å²) in [7, 11) is 0. The van der Waals surface area contributed by atoms with Gasteiger partial charge in [0.15, 0.2) is 0 Å². The van der Waals surface area contributed by atoms with Crippen LogP contribution in [-0.4, -0.2) is 11.5 Å². The van der Waals surface area contributed by atoms with Crippen LogP contribution < -0.4 is 0 Å². The fourth-order valence-electron chi connectivity index (χ4n) is 1.61. The van der Waals surface area contributed by atoms with Crippen molar-refractivity contribution in [2.45, 2.75) is 50.9 Å². The van der Waals surface area contributed by atoms with Gasteiger partial charge in [0.1, 0.15) is 4.93 Å². The molecule has 12 heavy (non-hydrogen) atoms. The summed E-state index contributed by atoms with van der Waals surface area (Å²) in [6.07, 6.45) is 6.22. The van der Waals surface area contributed by atoms with Crippen molar-refractivity contribution < 1.29 is 4.74 Å². The van der Waals surface area contributed by atoms with E-state index in [1.165, 1.54) is 25.7 Å². The Morgan fingerprint density at radius 1 is 1.42 bits per heavy atom. The third-order valence-corrected chi connectivity index (χ3v) is 3.22. The Hall–Kier alpha value is 0.310. The Bertz CT molecular complexity index is 134. The second-order valence-corrected chi connectivity index (χ2v) is 4.41. The molecule has 1 aliphatic carbocycles. The standard InChI is InChI=1S/C10H20OS/c1-3-5-8-10(12,11-4-2)9-6-7-9/h9,12H,3-8H2,1-2H3. The van der Waals surface area contributed by atoms with Crippen LogP contribution >= 0.6 is 12.6 Å². The Morgan fingerprint density at radius 3 is 2.50 bits per heavy atom. The van der Waals surface area contributed by atoms with Gasteiger partial charge in [-0.1, -0.05) is 13.3 Å². The monoisotopic (exact) mass is 188 g/mol. The number of thiol groups is 1. The molecule has 0 saturated heterocycles. The van der Waals surface area contributed by atoms with Crippen molar-refractivity contribution >= 4 is 12.6 Å².